The van der Waals surface area contributed by atoms with Gasteiger partial charge >= 0.3 is 5.97 Å². The van der Waals surface area contributed by atoms with Crippen LogP contribution in [0.4, 0.5) is 0 Å². The Balaban J connectivity index is 0.00000200. The summed E-state index contributed by atoms with van der Waals surface area (Å²) >= 11 is 0. The van der Waals surface area contributed by atoms with Gasteiger partial charge in [-0.15, -0.1) is 12.4 Å². The predicted octanol–water partition coefficient (Wildman–Crippen LogP) is 3.15. The zero-order valence-electron chi connectivity index (χ0n) is 11.9. The number of hydrogen-bond acceptors (Lipinski definition) is 3. The average Bonchev–Trinajstić information content (AvgIpc) is 2.48. The molecule has 0 amide bonds. The summed E-state index contributed by atoms with van der Waals surface area (Å²) in [5.41, 5.74) is 1.77. The Hall–Kier alpha value is -1.32. The summed E-state index contributed by atoms with van der Waals surface area (Å²) in [5.74, 6) is -0.227. The summed E-state index contributed by atoms with van der Waals surface area (Å²) in [6.07, 6.45) is 5.67. The van der Waals surface area contributed by atoms with Crippen molar-refractivity contribution in [2.45, 2.75) is 19.3 Å². The van der Waals surface area contributed by atoms with Crippen molar-refractivity contribution in [3.05, 3.63) is 41.5 Å². The fraction of sp³-hybridized carbons (Fsp3) is 0.438. The van der Waals surface area contributed by atoms with Gasteiger partial charge in [0.15, 0.2) is 0 Å². The summed E-state index contributed by atoms with van der Waals surface area (Å²) in [6, 6.07) is 9.92. The number of hydrogen-bond donors (Lipinski definition) is 0. The number of methoxy groups -OCH3 is 1. The number of ether oxygens (including phenoxy) is 1. The highest BCUT2D eigenvalue weighted by molar-refractivity contribution is 5.94. The Kier molecular flexibility index (Phi) is 7.34. The van der Waals surface area contributed by atoms with E-state index in [0.717, 1.165) is 24.2 Å². The lowest BCUT2D eigenvalue weighted by atomic mass is 10.1. The second kappa shape index (κ2) is 8.77. The summed E-state index contributed by atoms with van der Waals surface area (Å²) in [7, 11) is 1.44. The summed E-state index contributed by atoms with van der Waals surface area (Å²) in [6.45, 7) is 2.83. The highest BCUT2D eigenvalue weighted by Crippen LogP contribution is 2.14. The Morgan fingerprint density at radius 1 is 1.20 bits per heavy atom. The van der Waals surface area contributed by atoms with E-state index in [1.54, 1.807) is 0 Å². The first-order valence-corrected chi connectivity index (χ1v) is 6.86. The molecule has 1 heterocycles. The maximum Gasteiger partial charge on any atom is 0.335 e. The van der Waals surface area contributed by atoms with Gasteiger partial charge < -0.3 is 4.74 Å². The molecule has 0 spiro atoms. The predicted molar refractivity (Wildman–Crippen MR) is 84.0 cm³/mol. The van der Waals surface area contributed by atoms with Crippen LogP contribution in [0.15, 0.2) is 35.9 Å². The quantitative estimate of drug-likeness (QED) is 0.631. The Morgan fingerprint density at radius 2 is 1.85 bits per heavy atom. The lowest BCUT2D eigenvalue weighted by molar-refractivity contribution is -0.136. The third-order valence-electron chi connectivity index (χ3n) is 3.43. The molecule has 4 heteroatoms. The van der Waals surface area contributed by atoms with Crippen LogP contribution in [0.5, 0.6) is 0 Å². The lowest BCUT2D eigenvalue weighted by Crippen LogP contribution is -2.33. The van der Waals surface area contributed by atoms with E-state index in [9.17, 15) is 4.79 Å². The van der Waals surface area contributed by atoms with Crippen LogP contribution >= 0.6 is 12.4 Å². The first-order chi connectivity index (χ1) is 9.29. The molecule has 0 N–H and O–H groups in total. The van der Waals surface area contributed by atoms with Gasteiger partial charge in [0.1, 0.15) is 0 Å². The molecular weight excluding hydrogens is 274 g/mol. The number of halogens is 1. The fourth-order valence-corrected chi connectivity index (χ4v) is 2.41. The topological polar surface area (TPSA) is 29.5 Å². The maximum atomic E-state index is 11.9. The number of rotatable bonds is 4. The molecule has 0 atom stereocenters. The average molecular weight is 296 g/mol. The van der Waals surface area contributed by atoms with Crippen molar-refractivity contribution in [2.24, 2.45) is 0 Å². The number of benzene rings is 1. The van der Waals surface area contributed by atoms with Crippen molar-refractivity contribution in [1.82, 2.24) is 4.90 Å². The molecule has 20 heavy (non-hydrogen) atoms. The molecule has 1 fully saturated rings. The van der Waals surface area contributed by atoms with Gasteiger partial charge in [-0.2, -0.15) is 0 Å². The summed E-state index contributed by atoms with van der Waals surface area (Å²) < 4.78 is 4.89. The minimum absolute atomic E-state index is 0. The van der Waals surface area contributed by atoms with Gasteiger partial charge in [-0.25, -0.2) is 4.79 Å². The van der Waals surface area contributed by atoms with Gasteiger partial charge in [0.2, 0.25) is 0 Å². The van der Waals surface area contributed by atoms with Crippen LogP contribution in [0.3, 0.4) is 0 Å². The zero-order chi connectivity index (χ0) is 13.5. The number of esters is 1. The monoisotopic (exact) mass is 295 g/mol. The van der Waals surface area contributed by atoms with Crippen LogP contribution in [-0.2, 0) is 9.53 Å². The number of nitrogens with zero attached hydrogens (tertiary/aromatic N) is 1. The van der Waals surface area contributed by atoms with Crippen LogP contribution in [0.2, 0.25) is 0 Å². The molecule has 0 saturated carbocycles. The molecule has 2 rings (SSSR count). The molecule has 110 valence electrons. The van der Waals surface area contributed by atoms with E-state index in [2.05, 4.69) is 4.90 Å². The standard InChI is InChI=1S/C16H21NO2.ClH/c1-19-16(18)15(12-14-8-4-2-5-9-14)13-17-10-6-3-7-11-17;/h2,4-5,8-9,12H,3,6-7,10-11,13H2,1H3;1H/b15-12-;. The van der Waals surface area contributed by atoms with Gasteiger partial charge in [0.25, 0.3) is 0 Å². The van der Waals surface area contributed by atoms with E-state index in [4.69, 9.17) is 4.74 Å². The van der Waals surface area contributed by atoms with Crippen LogP contribution in [-0.4, -0.2) is 37.6 Å². The smallest absolute Gasteiger partial charge is 0.335 e. The van der Waals surface area contributed by atoms with Crippen molar-refractivity contribution < 1.29 is 9.53 Å². The van der Waals surface area contributed by atoms with Gasteiger partial charge in [-0.1, -0.05) is 36.8 Å². The molecular formula is C16H22ClNO2. The minimum atomic E-state index is -0.227. The third-order valence-corrected chi connectivity index (χ3v) is 3.43. The van der Waals surface area contributed by atoms with Crippen molar-refractivity contribution in [3.63, 3.8) is 0 Å². The van der Waals surface area contributed by atoms with E-state index >= 15 is 0 Å². The molecule has 1 saturated heterocycles. The SMILES string of the molecule is COC(=O)/C(=C\c1ccccc1)CN1CCCCC1.Cl. The molecule has 0 radical (unpaired) electrons. The van der Waals surface area contributed by atoms with Crippen LogP contribution in [0, 0.1) is 0 Å². The minimum Gasteiger partial charge on any atom is -0.466 e. The Morgan fingerprint density at radius 3 is 2.45 bits per heavy atom. The number of carbonyl (C=O) groups is 1. The van der Waals surface area contributed by atoms with E-state index in [1.165, 1.54) is 26.4 Å². The van der Waals surface area contributed by atoms with Crippen molar-refractivity contribution in [1.29, 1.82) is 0 Å². The van der Waals surface area contributed by atoms with Crippen LogP contribution in [0.25, 0.3) is 6.08 Å². The van der Waals surface area contributed by atoms with Gasteiger partial charge in [-0.05, 0) is 37.6 Å². The van der Waals surface area contributed by atoms with Crippen LogP contribution < -0.4 is 0 Å². The van der Waals surface area contributed by atoms with E-state index in [-0.39, 0.29) is 18.4 Å². The van der Waals surface area contributed by atoms with Crippen molar-refractivity contribution in [2.75, 3.05) is 26.7 Å². The van der Waals surface area contributed by atoms with Gasteiger partial charge in [0, 0.05) is 6.54 Å². The number of piperidine rings is 1. The summed E-state index contributed by atoms with van der Waals surface area (Å²) in [5, 5.41) is 0. The fourth-order valence-electron chi connectivity index (χ4n) is 2.41. The van der Waals surface area contributed by atoms with Crippen LogP contribution in [0.1, 0.15) is 24.8 Å². The summed E-state index contributed by atoms with van der Waals surface area (Å²) in [4.78, 5) is 14.2. The molecule has 0 aromatic heterocycles. The van der Waals surface area contributed by atoms with E-state index in [0.29, 0.717) is 6.54 Å². The van der Waals surface area contributed by atoms with Crippen molar-refractivity contribution in [3.8, 4) is 0 Å². The second-order valence-electron chi connectivity index (χ2n) is 4.91. The molecule has 0 bridgehead atoms. The largest absolute Gasteiger partial charge is 0.466 e. The first kappa shape index (κ1) is 16.7. The third kappa shape index (κ3) is 4.99. The van der Waals surface area contributed by atoms with Crippen molar-refractivity contribution >= 4 is 24.5 Å². The van der Waals surface area contributed by atoms with E-state index < -0.39 is 0 Å². The number of carbonyl (C=O) groups excluding carboxylic acids is 1. The molecule has 0 unspecified atom stereocenters. The molecule has 3 nitrogen and oxygen atoms in total. The maximum absolute atomic E-state index is 11.9. The molecule has 1 aliphatic rings. The Labute approximate surface area is 127 Å². The van der Waals surface area contributed by atoms with Gasteiger partial charge in [0.05, 0.1) is 12.7 Å². The molecule has 1 aromatic carbocycles. The highest BCUT2D eigenvalue weighted by atomic mass is 35.5. The first-order valence-electron chi connectivity index (χ1n) is 6.86. The Bertz CT molecular complexity index is 439. The lowest BCUT2D eigenvalue weighted by Gasteiger charge is -2.26. The molecule has 1 aliphatic heterocycles. The van der Waals surface area contributed by atoms with Gasteiger partial charge in [-0.3, -0.25) is 4.90 Å². The number of likely N-dealkylation sites (tertiary alicyclic amines) is 1. The highest BCUT2D eigenvalue weighted by Gasteiger charge is 2.16. The zero-order valence-corrected chi connectivity index (χ0v) is 12.7. The molecule has 0 aliphatic carbocycles. The second-order valence-corrected chi connectivity index (χ2v) is 4.91. The van der Waals surface area contributed by atoms with E-state index in [1.807, 2.05) is 36.4 Å². The normalized spacial score (nSPS) is 16.4. The molecule has 1 aromatic rings.